The molecule has 26 heavy (non-hydrogen) atoms. The second kappa shape index (κ2) is 5.93. The molecule has 4 rings (SSSR count). The van der Waals surface area contributed by atoms with Crippen LogP contribution in [0.1, 0.15) is 52.9 Å². The number of hydrazone groups is 1. The van der Waals surface area contributed by atoms with E-state index < -0.39 is 0 Å². The Kier molecular flexibility index (Phi) is 3.94. The molecule has 138 valence electrons. The predicted molar refractivity (Wildman–Crippen MR) is 102 cm³/mol. The highest BCUT2D eigenvalue weighted by atomic mass is 16.2. The summed E-state index contributed by atoms with van der Waals surface area (Å²) in [6, 6.07) is 9.49. The Balaban J connectivity index is 1.53. The maximum Gasteiger partial charge on any atom is 0.267 e. The first-order chi connectivity index (χ1) is 12.3. The van der Waals surface area contributed by atoms with E-state index in [4.69, 9.17) is 0 Å². The largest absolute Gasteiger partial charge is 0.348 e. The van der Waals surface area contributed by atoms with Gasteiger partial charge in [0.05, 0.1) is 5.69 Å². The highest BCUT2D eigenvalue weighted by Gasteiger charge is 2.61. The normalized spacial score (nSPS) is 32.5. The summed E-state index contributed by atoms with van der Waals surface area (Å²) < 4.78 is 0. The van der Waals surface area contributed by atoms with Gasteiger partial charge in [0.15, 0.2) is 0 Å². The summed E-state index contributed by atoms with van der Waals surface area (Å²) in [6.45, 7) is 6.99. The van der Waals surface area contributed by atoms with Gasteiger partial charge in [-0.3, -0.25) is 9.59 Å². The van der Waals surface area contributed by atoms with Gasteiger partial charge in [-0.2, -0.15) is 5.10 Å². The monoisotopic (exact) mass is 353 g/mol. The molecule has 1 aromatic carbocycles. The van der Waals surface area contributed by atoms with Crippen LogP contribution in [0.3, 0.4) is 0 Å². The Morgan fingerprint density at radius 3 is 2.54 bits per heavy atom. The van der Waals surface area contributed by atoms with Crippen molar-refractivity contribution in [1.29, 1.82) is 0 Å². The van der Waals surface area contributed by atoms with E-state index in [0.717, 1.165) is 12.8 Å². The van der Waals surface area contributed by atoms with Gasteiger partial charge in [0, 0.05) is 18.9 Å². The van der Waals surface area contributed by atoms with Crippen molar-refractivity contribution in [3.63, 3.8) is 0 Å². The van der Waals surface area contributed by atoms with Gasteiger partial charge in [0.2, 0.25) is 5.91 Å². The van der Waals surface area contributed by atoms with Gasteiger partial charge in [0.25, 0.3) is 5.91 Å². The number of nitrogens with zero attached hydrogens (tertiary/aromatic N) is 2. The van der Waals surface area contributed by atoms with Gasteiger partial charge < -0.3 is 5.32 Å². The number of hydrogen-bond donors (Lipinski definition) is 1. The van der Waals surface area contributed by atoms with Crippen molar-refractivity contribution < 1.29 is 9.59 Å². The van der Waals surface area contributed by atoms with Gasteiger partial charge in [-0.1, -0.05) is 39.0 Å². The summed E-state index contributed by atoms with van der Waals surface area (Å²) in [5, 5.41) is 9.01. The van der Waals surface area contributed by atoms with Gasteiger partial charge in [-0.15, -0.1) is 0 Å². The van der Waals surface area contributed by atoms with Gasteiger partial charge in [-0.05, 0) is 48.1 Å². The van der Waals surface area contributed by atoms with Crippen molar-refractivity contribution >= 4 is 23.2 Å². The Morgan fingerprint density at radius 1 is 1.19 bits per heavy atom. The number of benzene rings is 1. The van der Waals surface area contributed by atoms with Crippen LogP contribution in [-0.4, -0.2) is 23.6 Å². The average Bonchev–Trinajstić information content (AvgIpc) is 2.96. The molecule has 0 spiro atoms. The van der Waals surface area contributed by atoms with Crippen molar-refractivity contribution in [2.24, 2.45) is 21.8 Å². The van der Waals surface area contributed by atoms with E-state index in [1.807, 2.05) is 30.3 Å². The van der Waals surface area contributed by atoms with Crippen LogP contribution in [0.25, 0.3) is 0 Å². The molecule has 1 aliphatic heterocycles. The molecular formula is C21H27N3O2. The second-order valence-electron chi connectivity index (χ2n) is 8.72. The summed E-state index contributed by atoms with van der Waals surface area (Å²) in [5.41, 5.74) is 1.55. The van der Waals surface area contributed by atoms with Crippen LogP contribution in [0, 0.1) is 16.7 Å². The van der Waals surface area contributed by atoms with E-state index in [1.54, 1.807) is 0 Å². The fraction of sp³-hybridized carbons (Fsp3) is 0.571. The topological polar surface area (TPSA) is 61.8 Å². The zero-order chi connectivity index (χ0) is 18.5. The molecule has 0 aromatic heterocycles. The second-order valence-corrected chi connectivity index (χ2v) is 8.72. The molecule has 2 amide bonds. The Bertz CT molecular complexity index is 771. The minimum atomic E-state index is -0.118. The number of fused-ring (bicyclic) bond motifs is 2. The molecule has 3 aliphatic rings. The molecule has 2 saturated carbocycles. The molecule has 1 aromatic rings. The number of anilines is 1. The average molecular weight is 353 g/mol. The molecule has 2 bridgehead atoms. The molecule has 2 fully saturated rings. The van der Waals surface area contributed by atoms with Crippen LogP contribution in [0.2, 0.25) is 0 Å². The molecule has 1 N–H and O–H groups in total. The van der Waals surface area contributed by atoms with Crippen LogP contribution < -0.4 is 10.3 Å². The van der Waals surface area contributed by atoms with Crippen molar-refractivity contribution in [1.82, 2.24) is 5.32 Å². The number of rotatable bonds is 3. The van der Waals surface area contributed by atoms with Crippen LogP contribution in [0.15, 0.2) is 35.4 Å². The predicted octanol–water partition coefficient (Wildman–Crippen LogP) is 3.50. The first-order valence-corrected chi connectivity index (χ1v) is 9.59. The number of nitrogens with one attached hydrogen (secondary N) is 1. The molecule has 5 heteroatoms. The molecule has 3 atom stereocenters. The van der Waals surface area contributed by atoms with E-state index in [-0.39, 0.29) is 28.7 Å². The minimum absolute atomic E-state index is 0.0687. The molecule has 3 unspecified atom stereocenters. The maximum absolute atomic E-state index is 12.9. The van der Waals surface area contributed by atoms with E-state index >= 15 is 0 Å². The first-order valence-electron chi connectivity index (χ1n) is 9.59. The number of amides is 2. The smallest absolute Gasteiger partial charge is 0.267 e. The zero-order valence-electron chi connectivity index (χ0n) is 15.8. The van der Waals surface area contributed by atoms with Gasteiger partial charge >= 0.3 is 0 Å². The number of carbonyl (C=O) groups is 2. The number of hydrogen-bond acceptors (Lipinski definition) is 3. The van der Waals surface area contributed by atoms with Crippen LogP contribution in [0.4, 0.5) is 5.69 Å². The molecule has 2 aliphatic carbocycles. The van der Waals surface area contributed by atoms with Crippen molar-refractivity contribution in [3.8, 4) is 0 Å². The third-order valence-corrected chi connectivity index (χ3v) is 7.39. The summed E-state index contributed by atoms with van der Waals surface area (Å²) in [4.78, 5) is 25.1. The summed E-state index contributed by atoms with van der Waals surface area (Å²) in [5.74, 6) is 0.488. The highest BCUT2D eigenvalue weighted by Crippen LogP contribution is 2.65. The SMILES string of the molecule is CC1(C)C2CCC1(C)C(NC(=O)C1=NN(c3ccccc3)C(=O)CC1)C2. The standard InChI is InChI=1S/C21H27N3O2/c1-20(2)14-11-12-21(20,3)17(13-14)22-19(26)16-9-10-18(25)24(23-16)15-7-5-4-6-8-15/h4-8,14,17H,9-13H2,1-3H3,(H,22,26). The summed E-state index contributed by atoms with van der Waals surface area (Å²) in [7, 11) is 0. The van der Waals surface area contributed by atoms with Gasteiger partial charge in [0.1, 0.15) is 5.71 Å². The lowest BCUT2D eigenvalue weighted by atomic mass is 9.69. The fourth-order valence-corrected chi connectivity index (χ4v) is 5.15. The first kappa shape index (κ1) is 17.3. The van der Waals surface area contributed by atoms with E-state index in [2.05, 4.69) is 31.2 Å². The third kappa shape index (κ3) is 2.48. The minimum Gasteiger partial charge on any atom is -0.348 e. The highest BCUT2D eigenvalue weighted by molar-refractivity contribution is 6.40. The van der Waals surface area contributed by atoms with Crippen molar-refractivity contribution in [2.45, 2.75) is 58.9 Å². The Labute approximate surface area is 154 Å². The zero-order valence-corrected chi connectivity index (χ0v) is 15.8. The Morgan fingerprint density at radius 2 is 1.92 bits per heavy atom. The lowest BCUT2D eigenvalue weighted by molar-refractivity contribution is -0.119. The lowest BCUT2D eigenvalue weighted by Crippen LogP contribution is -2.50. The number of para-hydroxylation sites is 1. The molecular weight excluding hydrogens is 326 g/mol. The van der Waals surface area contributed by atoms with E-state index in [9.17, 15) is 9.59 Å². The van der Waals surface area contributed by atoms with E-state index in [1.165, 1.54) is 11.4 Å². The summed E-state index contributed by atoms with van der Waals surface area (Å²) >= 11 is 0. The lowest BCUT2D eigenvalue weighted by Gasteiger charge is -2.39. The van der Waals surface area contributed by atoms with Crippen molar-refractivity contribution in [2.75, 3.05) is 5.01 Å². The number of carbonyl (C=O) groups excluding carboxylic acids is 2. The van der Waals surface area contributed by atoms with Crippen LogP contribution in [0.5, 0.6) is 0 Å². The molecule has 5 nitrogen and oxygen atoms in total. The fourth-order valence-electron chi connectivity index (χ4n) is 5.15. The van der Waals surface area contributed by atoms with Gasteiger partial charge in [-0.25, -0.2) is 5.01 Å². The Hall–Kier alpha value is -2.17. The maximum atomic E-state index is 12.9. The van der Waals surface area contributed by atoms with Crippen LogP contribution in [-0.2, 0) is 9.59 Å². The van der Waals surface area contributed by atoms with Crippen molar-refractivity contribution in [3.05, 3.63) is 30.3 Å². The van der Waals surface area contributed by atoms with E-state index in [0.29, 0.717) is 30.2 Å². The third-order valence-electron chi connectivity index (χ3n) is 7.39. The quantitative estimate of drug-likeness (QED) is 0.904. The summed E-state index contributed by atoms with van der Waals surface area (Å²) in [6.07, 6.45) is 4.19. The van der Waals surface area contributed by atoms with Crippen LogP contribution >= 0.6 is 0 Å². The molecule has 1 heterocycles. The molecule has 0 saturated heterocycles. The molecule has 0 radical (unpaired) electrons.